The fraction of sp³-hybridized carbons (Fsp3) is 0.333. The molecule has 1 amide bonds. The van der Waals surface area contributed by atoms with Crippen LogP contribution in [0.5, 0.6) is 0 Å². The number of anilines is 1. The smallest absolute Gasteiger partial charge is 0.272 e. The molecule has 0 aliphatic heterocycles. The Kier molecular flexibility index (Phi) is 5.20. The summed E-state index contributed by atoms with van der Waals surface area (Å²) >= 11 is 0. The highest BCUT2D eigenvalue weighted by Gasteiger charge is 2.08. The largest absolute Gasteiger partial charge is 0.369 e. The van der Waals surface area contributed by atoms with Gasteiger partial charge in [-0.05, 0) is 42.7 Å². The first-order valence-corrected chi connectivity index (χ1v) is 6.96. The van der Waals surface area contributed by atoms with Gasteiger partial charge in [0.1, 0.15) is 5.82 Å². The molecule has 2 heterocycles. The van der Waals surface area contributed by atoms with Crippen molar-refractivity contribution in [3.05, 3.63) is 47.4 Å². The van der Waals surface area contributed by atoms with Crippen LogP contribution in [0.2, 0.25) is 0 Å². The maximum Gasteiger partial charge on any atom is 0.272 e. The highest BCUT2D eigenvalue weighted by Crippen LogP contribution is 2.05. The summed E-state index contributed by atoms with van der Waals surface area (Å²) < 4.78 is 0. The summed E-state index contributed by atoms with van der Waals surface area (Å²) in [6, 6.07) is 5.33. The Morgan fingerprint density at radius 2 is 2.10 bits per heavy atom. The fourth-order valence-corrected chi connectivity index (χ4v) is 1.75. The normalized spacial score (nSPS) is 10.2. The van der Waals surface area contributed by atoms with Gasteiger partial charge in [0.15, 0.2) is 5.69 Å². The van der Waals surface area contributed by atoms with E-state index in [0.29, 0.717) is 18.1 Å². The van der Waals surface area contributed by atoms with Gasteiger partial charge in [0.05, 0.1) is 0 Å². The SMILES string of the molecule is CCCNc1ccc(C(=O)NCc2cnccc2C)nn1. The van der Waals surface area contributed by atoms with Crippen LogP contribution in [0, 0.1) is 6.92 Å². The molecule has 2 aromatic rings. The summed E-state index contributed by atoms with van der Waals surface area (Å²) in [7, 11) is 0. The second-order valence-corrected chi connectivity index (χ2v) is 4.72. The highest BCUT2D eigenvalue weighted by atomic mass is 16.1. The molecule has 0 aliphatic rings. The molecule has 110 valence electrons. The van der Waals surface area contributed by atoms with Gasteiger partial charge in [-0.3, -0.25) is 9.78 Å². The predicted octanol–water partition coefficient (Wildman–Crippen LogP) is 1.93. The third-order valence-corrected chi connectivity index (χ3v) is 3.04. The zero-order valence-corrected chi connectivity index (χ0v) is 12.3. The van der Waals surface area contributed by atoms with E-state index in [-0.39, 0.29) is 5.91 Å². The van der Waals surface area contributed by atoms with Crippen LogP contribution in [-0.2, 0) is 6.54 Å². The second kappa shape index (κ2) is 7.33. The van der Waals surface area contributed by atoms with Crippen molar-refractivity contribution in [1.29, 1.82) is 0 Å². The maximum atomic E-state index is 12.0. The van der Waals surface area contributed by atoms with Crippen LogP contribution in [-0.4, -0.2) is 27.6 Å². The third-order valence-electron chi connectivity index (χ3n) is 3.04. The van der Waals surface area contributed by atoms with Gasteiger partial charge in [-0.2, -0.15) is 0 Å². The predicted molar refractivity (Wildman–Crippen MR) is 81.0 cm³/mol. The van der Waals surface area contributed by atoms with Crippen molar-refractivity contribution in [3.8, 4) is 0 Å². The Hall–Kier alpha value is -2.50. The molecule has 0 radical (unpaired) electrons. The number of carbonyl (C=O) groups is 1. The Balaban J connectivity index is 1.93. The van der Waals surface area contributed by atoms with E-state index in [1.165, 1.54) is 0 Å². The molecule has 0 saturated carbocycles. The average Bonchev–Trinajstić information content (AvgIpc) is 2.52. The zero-order valence-electron chi connectivity index (χ0n) is 12.3. The van der Waals surface area contributed by atoms with Gasteiger partial charge in [-0.15, -0.1) is 10.2 Å². The standard InChI is InChI=1S/C15H19N5O/c1-3-7-17-14-5-4-13(19-20-14)15(21)18-10-12-9-16-8-6-11(12)2/h4-6,8-9H,3,7,10H2,1-2H3,(H,17,20)(H,18,21). The van der Waals surface area contributed by atoms with Crippen LogP contribution < -0.4 is 10.6 Å². The van der Waals surface area contributed by atoms with Crippen molar-refractivity contribution in [2.24, 2.45) is 0 Å². The number of aryl methyl sites for hydroxylation is 1. The molecule has 2 N–H and O–H groups in total. The molecule has 0 aromatic carbocycles. The topological polar surface area (TPSA) is 79.8 Å². The summed E-state index contributed by atoms with van der Waals surface area (Å²) in [6.45, 7) is 5.32. The Morgan fingerprint density at radius 3 is 2.76 bits per heavy atom. The number of amides is 1. The van der Waals surface area contributed by atoms with E-state index in [1.54, 1.807) is 24.5 Å². The van der Waals surface area contributed by atoms with Gasteiger partial charge in [-0.25, -0.2) is 0 Å². The van der Waals surface area contributed by atoms with Crippen molar-refractivity contribution in [1.82, 2.24) is 20.5 Å². The molecule has 0 fully saturated rings. The number of hydrogen-bond donors (Lipinski definition) is 2. The van der Waals surface area contributed by atoms with Gasteiger partial charge in [0.2, 0.25) is 0 Å². The van der Waals surface area contributed by atoms with Crippen LogP contribution in [0.4, 0.5) is 5.82 Å². The van der Waals surface area contributed by atoms with Gasteiger partial charge in [0.25, 0.3) is 5.91 Å². The monoisotopic (exact) mass is 285 g/mol. The minimum absolute atomic E-state index is 0.243. The Morgan fingerprint density at radius 1 is 1.24 bits per heavy atom. The summed E-state index contributed by atoms with van der Waals surface area (Å²) in [6.07, 6.45) is 4.49. The molecule has 0 aliphatic carbocycles. The fourth-order valence-electron chi connectivity index (χ4n) is 1.75. The number of hydrogen-bond acceptors (Lipinski definition) is 5. The molecule has 0 atom stereocenters. The molecule has 0 saturated heterocycles. The average molecular weight is 285 g/mol. The van der Waals surface area contributed by atoms with Crippen LogP contribution in [0.3, 0.4) is 0 Å². The molecule has 21 heavy (non-hydrogen) atoms. The maximum absolute atomic E-state index is 12.0. The second-order valence-electron chi connectivity index (χ2n) is 4.72. The lowest BCUT2D eigenvalue weighted by atomic mass is 10.1. The van der Waals surface area contributed by atoms with Crippen molar-refractivity contribution >= 4 is 11.7 Å². The number of carbonyl (C=O) groups excluding carboxylic acids is 1. The lowest BCUT2D eigenvalue weighted by Gasteiger charge is -2.07. The van der Waals surface area contributed by atoms with Gasteiger partial charge < -0.3 is 10.6 Å². The lowest BCUT2D eigenvalue weighted by Crippen LogP contribution is -2.24. The van der Waals surface area contributed by atoms with Crippen molar-refractivity contribution < 1.29 is 4.79 Å². The number of rotatable bonds is 6. The van der Waals surface area contributed by atoms with E-state index in [1.807, 2.05) is 13.0 Å². The highest BCUT2D eigenvalue weighted by molar-refractivity contribution is 5.92. The Labute approximate surface area is 124 Å². The van der Waals surface area contributed by atoms with E-state index in [2.05, 4.69) is 32.7 Å². The van der Waals surface area contributed by atoms with E-state index in [4.69, 9.17) is 0 Å². The summed E-state index contributed by atoms with van der Waals surface area (Å²) in [5, 5.41) is 13.8. The van der Waals surface area contributed by atoms with Crippen LogP contribution in [0.25, 0.3) is 0 Å². The number of pyridine rings is 1. The van der Waals surface area contributed by atoms with Gasteiger partial charge >= 0.3 is 0 Å². The van der Waals surface area contributed by atoms with Crippen molar-refractivity contribution in [3.63, 3.8) is 0 Å². The van der Waals surface area contributed by atoms with E-state index in [0.717, 1.165) is 24.1 Å². The summed E-state index contributed by atoms with van der Waals surface area (Å²) in [5.41, 5.74) is 2.38. The molecule has 6 nitrogen and oxygen atoms in total. The molecule has 0 spiro atoms. The molecular formula is C15H19N5O. The van der Waals surface area contributed by atoms with Gasteiger partial charge in [0, 0.05) is 25.5 Å². The van der Waals surface area contributed by atoms with Gasteiger partial charge in [-0.1, -0.05) is 6.92 Å². The van der Waals surface area contributed by atoms with E-state index >= 15 is 0 Å². The quantitative estimate of drug-likeness (QED) is 0.847. The number of aromatic nitrogens is 3. The molecule has 2 rings (SSSR count). The van der Waals surface area contributed by atoms with Crippen LogP contribution in [0.1, 0.15) is 35.0 Å². The minimum atomic E-state index is -0.243. The molecule has 0 unspecified atom stereocenters. The third kappa shape index (κ3) is 4.24. The van der Waals surface area contributed by atoms with Crippen LogP contribution >= 0.6 is 0 Å². The van der Waals surface area contributed by atoms with Crippen molar-refractivity contribution in [2.45, 2.75) is 26.8 Å². The summed E-state index contributed by atoms with van der Waals surface area (Å²) in [5.74, 6) is 0.435. The first-order valence-electron chi connectivity index (χ1n) is 6.96. The first kappa shape index (κ1) is 14.9. The van der Waals surface area contributed by atoms with E-state index in [9.17, 15) is 4.79 Å². The van der Waals surface area contributed by atoms with Crippen molar-refractivity contribution in [2.75, 3.05) is 11.9 Å². The molecule has 0 bridgehead atoms. The first-order chi connectivity index (χ1) is 10.2. The van der Waals surface area contributed by atoms with Crippen LogP contribution in [0.15, 0.2) is 30.6 Å². The molecule has 6 heteroatoms. The lowest BCUT2D eigenvalue weighted by molar-refractivity contribution is 0.0945. The minimum Gasteiger partial charge on any atom is -0.369 e. The van der Waals surface area contributed by atoms with E-state index < -0.39 is 0 Å². The zero-order chi connectivity index (χ0) is 15.1. The number of nitrogens with one attached hydrogen (secondary N) is 2. The number of nitrogens with zero attached hydrogens (tertiary/aromatic N) is 3. The summed E-state index contributed by atoms with van der Waals surface area (Å²) in [4.78, 5) is 16.0. The molecular weight excluding hydrogens is 266 g/mol. The Bertz CT molecular complexity index is 597. The molecule has 2 aromatic heterocycles.